The van der Waals surface area contributed by atoms with Crippen LogP contribution in [0.25, 0.3) is 0 Å². The molecular weight excluding hydrogens is 338 g/mol. The van der Waals surface area contributed by atoms with E-state index in [1.807, 2.05) is 6.07 Å². The van der Waals surface area contributed by atoms with Crippen LogP contribution in [-0.2, 0) is 5.41 Å². The van der Waals surface area contributed by atoms with Crippen LogP contribution >= 0.6 is 0 Å². The smallest absolute Gasteiger partial charge is 0.143 e. The second-order valence-electron chi connectivity index (χ2n) is 7.88. The zero-order valence-electron chi connectivity index (χ0n) is 15.5. The third-order valence-corrected chi connectivity index (χ3v) is 6.29. The molecule has 7 heteroatoms. The van der Waals surface area contributed by atoms with E-state index in [2.05, 4.69) is 38.1 Å². The summed E-state index contributed by atoms with van der Waals surface area (Å²) < 4.78 is 0. The summed E-state index contributed by atoms with van der Waals surface area (Å²) in [6.07, 6.45) is 6.95. The molecule has 2 aliphatic heterocycles. The van der Waals surface area contributed by atoms with E-state index < -0.39 is 0 Å². The van der Waals surface area contributed by atoms with Crippen LogP contribution in [0.4, 0.5) is 17.5 Å². The Morgan fingerprint density at radius 2 is 2.11 bits per heavy atom. The van der Waals surface area contributed by atoms with Crippen molar-refractivity contribution in [3.05, 3.63) is 35.8 Å². The van der Waals surface area contributed by atoms with E-state index in [1.54, 1.807) is 18.6 Å². The summed E-state index contributed by atoms with van der Waals surface area (Å²) in [5.41, 5.74) is 2.02. The lowest BCUT2D eigenvalue weighted by molar-refractivity contribution is 0.266. The highest BCUT2D eigenvalue weighted by Crippen LogP contribution is 2.56. The average molecular weight is 361 g/mol. The van der Waals surface area contributed by atoms with Crippen molar-refractivity contribution >= 4 is 17.5 Å². The molecule has 27 heavy (non-hydrogen) atoms. The third kappa shape index (κ3) is 2.47. The first-order valence-electron chi connectivity index (χ1n) is 9.68. The van der Waals surface area contributed by atoms with Gasteiger partial charge in [0.25, 0.3) is 0 Å². The van der Waals surface area contributed by atoms with Gasteiger partial charge in [0.1, 0.15) is 23.8 Å². The lowest BCUT2D eigenvalue weighted by atomic mass is 9.66. The lowest BCUT2D eigenvalue weighted by Gasteiger charge is -2.42. The second kappa shape index (κ2) is 6.17. The number of rotatable bonds is 2. The van der Waals surface area contributed by atoms with Gasteiger partial charge < -0.3 is 15.1 Å². The van der Waals surface area contributed by atoms with Crippen molar-refractivity contribution in [2.45, 2.75) is 37.6 Å². The summed E-state index contributed by atoms with van der Waals surface area (Å²) in [5.74, 6) is 2.86. The number of hydrogen-bond acceptors (Lipinski definition) is 7. The molecule has 1 saturated heterocycles. The molecule has 2 fully saturated rings. The van der Waals surface area contributed by atoms with Crippen LogP contribution in [0, 0.1) is 11.3 Å². The number of aromatic nitrogens is 3. The third-order valence-electron chi connectivity index (χ3n) is 6.29. The topological polar surface area (TPSA) is 81.0 Å². The van der Waals surface area contributed by atoms with Crippen molar-refractivity contribution in [1.29, 1.82) is 5.26 Å². The first-order valence-corrected chi connectivity index (χ1v) is 9.68. The molecule has 0 amide bonds. The number of piperazine rings is 1. The minimum atomic E-state index is 0.112. The van der Waals surface area contributed by atoms with Gasteiger partial charge in [0.15, 0.2) is 0 Å². The number of nitrogens with one attached hydrogen (secondary N) is 1. The molecule has 5 rings (SSSR count). The fourth-order valence-corrected chi connectivity index (χ4v) is 4.71. The van der Waals surface area contributed by atoms with Gasteiger partial charge in [0.05, 0.1) is 11.6 Å². The zero-order valence-corrected chi connectivity index (χ0v) is 15.5. The fourth-order valence-electron chi connectivity index (χ4n) is 4.71. The first kappa shape index (κ1) is 16.5. The number of anilines is 3. The van der Waals surface area contributed by atoms with Crippen LogP contribution in [0.1, 0.15) is 37.3 Å². The Kier molecular flexibility index (Phi) is 3.76. The normalized spacial score (nSPS) is 23.0. The van der Waals surface area contributed by atoms with Gasteiger partial charge in [-0.15, -0.1) is 0 Å². The molecule has 7 nitrogen and oxygen atoms in total. The van der Waals surface area contributed by atoms with Crippen LogP contribution in [0.15, 0.2) is 24.7 Å². The molecule has 1 spiro atoms. The van der Waals surface area contributed by atoms with Gasteiger partial charge >= 0.3 is 0 Å². The molecule has 4 heterocycles. The van der Waals surface area contributed by atoms with Crippen molar-refractivity contribution in [2.75, 3.05) is 36.0 Å². The predicted octanol–water partition coefficient (Wildman–Crippen LogP) is 2.11. The summed E-state index contributed by atoms with van der Waals surface area (Å²) in [7, 11) is 0. The predicted molar refractivity (Wildman–Crippen MR) is 103 cm³/mol. The number of hydrogen-bond donors (Lipinski definition) is 1. The molecule has 2 aromatic rings. The summed E-state index contributed by atoms with van der Waals surface area (Å²) in [6, 6.07) is 6.23. The number of pyridine rings is 1. The minimum absolute atomic E-state index is 0.112. The lowest BCUT2D eigenvalue weighted by Crippen LogP contribution is -2.51. The van der Waals surface area contributed by atoms with E-state index in [0.717, 1.165) is 56.5 Å². The maximum absolute atomic E-state index is 9.27. The van der Waals surface area contributed by atoms with Crippen molar-refractivity contribution in [3.63, 3.8) is 0 Å². The van der Waals surface area contributed by atoms with Gasteiger partial charge in [-0.1, -0.05) is 6.42 Å². The molecule has 0 unspecified atom stereocenters. The van der Waals surface area contributed by atoms with E-state index in [4.69, 9.17) is 4.98 Å². The second-order valence-corrected chi connectivity index (χ2v) is 7.88. The molecule has 1 aliphatic carbocycles. The Bertz CT molecular complexity index is 915. The van der Waals surface area contributed by atoms with Gasteiger partial charge in [-0.05, 0) is 31.9 Å². The highest BCUT2D eigenvalue weighted by molar-refractivity contribution is 5.74. The van der Waals surface area contributed by atoms with Crippen molar-refractivity contribution in [2.24, 2.45) is 0 Å². The number of fused-ring (bicyclic) bond motifs is 2. The molecule has 138 valence electrons. The Hall–Kier alpha value is -2.72. The van der Waals surface area contributed by atoms with Crippen LogP contribution in [0.3, 0.4) is 0 Å². The van der Waals surface area contributed by atoms with Crippen molar-refractivity contribution in [1.82, 2.24) is 20.3 Å². The SMILES string of the molecule is C[C@H]1CNCCN1c1ncnc2c1C1(CCC1)CN2c1cc(C#N)ccn1. The highest BCUT2D eigenvalue weighted by Gasteiger charge is 2.51. The molecule has 0 radical (unpaired) electrons. The van der Waals surface area contributed by atoms with Crippen LogP contribution in [0.2, 0.25) is 0 Å². The summed E-state index contributed by atoms with van der Waals surface area (Å²) in [5, 5.41) is 12.7. The van der Waals surface area contributed by atoms with E-state index in [9.17, 15) is 5.26 Å². The Morgan fingerprint density at radius 3 is 2.85 bits per heavy atom. The van der Waals surface area contributed by atoms with Gasteiger partial charge in [0.2, 0.25) is 0 Å². The van der Waals surface area contributed by atoms with Crippen LogP contribution in [0.5, 0.6) is 0 Å². The Balaban J connectivity index is 1.63. The van der Waals surface area contributed by atoms with E-state index >= 15 is 0 Å². The largest absolute Gasteiger partial charge is 0.351 e. The minimum Gasteiger partial charge on any atom is -0.351 e. The molecular formula is C20H23N7. The summed E-state index contributed by atoms with van der Waals surface area (Å²) >= 11 is 0. The van der Waals surface area contributed by atoms with Gasteiger partial charge in [-0.3, -0.25) is 0 Å². The quantitative estimate of drug-likeness (QED) is 0.877. The standard InChI is InChI=1S/C20H23N7/c1-14-11-22-7-8-26(14)18-17-19(25-13-24-18)27(12-20(17)4-2-5-20)16-9-15(10-21)3-6-23-16/h3,6,9,13-14,22H,2,4-5,7-8,11-12H2,1H3/t14-/m0/s1. The molecule has 3 aliphatic rings. The molecule has 0 bridgehead atoms. The molecule has 1 saturated carbocycles. The van der Waals surface area contributed by atoms with E-state index in [1.165, 1.54) is 12.0 Å². The molecule has 0 aromatic carbocycles. The zero-order chi connectivity index (χ0) is 18.4. The molecule has 2 aromatic heterocycles. The van der Waals surface area contributed by atoms with Gasteiger partial charge in [-0.25, -0.2) is 15.0 Å². The Labute approximate surface area is 159 Å². The summed E-state index contributed by atoms with van der Waals surface area (Å²) in [4.78, 5) is 18.6. The Morgan fingerprint density at radius 1 is 1.26 bits per heavy atom. The maximum Gasteiger partial charge on any atom is 0.143 e. The molecule has 1 atom stereocenters. The summed E-state index contributed by atoms with van der Waals surface area (Å²) in [6.45, 7) is 6.03. The fraction of sp³-hybridized carbons (Fsp3) is 0.500. The van der Waals surface area contributed by atoms with E-state index in [0.29, 0.717) is 11.6 Å². The van der Waals surface area contributed by atoms with Gasteiger partial charge in [0, 0.05) is 49.4 Å². The first-order chi connectivity index (χ1) is 13.2. The number of nitriles is 1. The van der Waals surface area contributed by atoms with Crippen LogP contribution in [-0.4, -0.2) is 47.2 Å². The monoisotopic (exact) mass is 361 g/mol. The number of nitrogens with zero attached hydrogens (tertiary/aromatic N) is 6. The maximum atomic E-state index is 9.27. The highest BCUT2D eigenvalue weighted by atomic mass is 15.3. The van der Waals surface area contributed by atoms with Crippen LogP contribution < -0.4 is 15.1 Å². The molecule has 1 N–H and O–H groups in total. The average Bonchev–Trinajstić information content (AvgIpc) is 3.05. The van der Waals surface area contributed by atoms with E-state index in [-0.39, 0.29) is 5.41 Å². The van der Waals surface area contributed by atoms with Crippen molar-refractivity contribution in [3.8, 4) is 6.07 Å². The van der Waals surface area contributed by atoms with Crippen molar-refractivity contribution < 1.29 is 0 Å². The van der Waals surface area contributed by atoms with Gasteiger partial charge in [-0.2, -0.15) is 5.26 Å².